The number of rotatable bonds is 2. The molecule has 2 fully saturated rings. The summed E-state index contributed by atoms with van der Waals surface area (Å²) in [5.41, 5.74) is 0. The van der Waals surface area contributed by atoms with Crippen molar-refractivity contribution in [1.29, 1.82) is 0 Å². The minimum atomic E-state index is 0.749. The molecule has 2 saturated heterocycles. The lowest BCUT2D eigenvalue weighted by molar-refractivity contribution is 0.108. The van der Waals surface area contributed by atoms with Crippen LogP contribution in [0.1, 0.15) is 27.2 Å². The maximum Gasteiger partial charge on any atom is 0.0242 e. The minimum Gasteiger partial charge on any atom is -0.298 e. The molecule has 2 aliphatic heterocycles. The molecule has 2 atom stereocenters. The van der Waals surface area contributed by atoms with Gasteiger partial charge >= 0.3 is 0 Å². The highest BCUT2D eigenvalue weighted by Crippen LogP contribution is 2.31. The van der Waals surface area contributed by atoms with Crippen LogP contribution in [0, 0.1) is 0 Å². The summed E-state index contributed by atoms with van der Waals surface area (Å²) in [6, 6.07) is 2.50. The third-order valence-electron chi connectivity index (χ3n) is 3.47. The zero-order chi connectivity index (χ0) is 8.72. The number of likely N-dealkylation sites (tertiary alicyclic amines) is 2. The van der Waals surface area contributed by atoms with Gasteiger partial charge in [-0.15, -0.1) is 0 Å². The summed E-state index contributed by atoms with van der Waals surface area (Å²) in [6.45, 7) is 10.8. The lowest BCUT2D eigenvalue weighted by atomic mass is 10.2. The first-order chi connectivity index (χ1) is 5.72. The van der Waals surface area contributed by atoms with Crippen LogP contribution >= 0.6 is 0 Å². The molecule has 0 aliphatic carbocycles. The van der Waals surface area contributed by atoms with Crippen LogP contribution in [0.3, 0.4) is 0 Å². The highest BCUT2D eigenvalue weighted by Gasteiger charge is 2.42. The van der Waals surface area contributed by atoms with E-state index < -0.39 is 0 Å². The van der Waals surface area contributed by atoms with Crippen molar-refractivity contribution < 1.29 is 0 Å². The molecule has 0 amide bonds. The van der Waals surface area contributed by atoms with E-state index in [9.17, 15) is 0 Å². The van der Waals surface area contributed by atoms with E-state index in [1.807, 2.05) is 0 Å². The standard InChI is InChI=1S/C10H20N2/c1-4-11-6-10-5-9(11)7-12(10)8(2)3/h8-10H,4-7H2,1-3H3. The number of hydrogen-bond acceptors (Lipinski definition) is 2. The van der Waals surface area contributed by atoms with E-state index in [-0.39, 0.29) is 0 Å². The Labute approximate surface area is 75.5 Å². The van der Waals surface area contributed by atoms with E-state index in [2.05, 4.69) is 30.6 Å². The molecule has 0 N–H and O–H groups in total. The Kier molecular flexibility index (Phi) is 2.13. The molecular formula is C10H20N2. The number of likely N-dealkylation sites (N-methyl/N-ethyl adjacent to an activating group) is 1. The summed E-state index contributed by atoms with van der Waals surface area (Å²) in [5, 5.41) is 0. The molecule has 0 radical (unpaired) electrons. The molecule has 0 spiro atoms. The summed E-state index contributed by atoms with van der Waals surface area (Å²) in [4.78, 5) is 5.29. The van der Waals surface area contributed by atoms with Gasteiger partial charge in [0.1, 0.15) is 0 Å². The number of piperazine rings is 1. The highest BCUT2D eigenvalue weighted by molar-refractivity contribution is 4.99. The zero-order valence-electron chi connectivity index (χ0n) is 8.45. The van der Waals surface area contributed by atoms with Crippen molar-refractivity contribution in [2.45, 2.75) is 45.3 Å². The molecule has 2 bridgehead atoms. The van der Waals surface area contributed by atoms with Gasteiger partial charge in [0.15, 0.2) is 0 Å². The van der Waals surface area contributed by atoms with E-state index in [0.717, 1.165) is 18.1 Å². The van der Waals surface area contributed by atoms with Crippen LogP contribution in [0.4, 0.5) is 0 Å². The summed E-state index contributed by atoms with van der Waals surface area (Å²) >= 11 is 0. The van der Waals surface area contributed by atoms with Gasteiger partial charge in [-0.25, -0.2) is 0 Å². The van der Waals surface area contributed by atoms with E-state index in [1.165, 1.54) is 26.1 Å². The van der Waals surface area contributed by atoms with Crippen LogP contribution < -0.4 is 0 Å². The Bertz CT molecular complexity index is 167. The molecule has 12 heavy (non-hydrogen) atoms. The summed E-state index contributed by atoms with van der Waals surface area (Å²) < 4.78 is 0. The third-order valence-corrected chi connectivity index (χ3v) is 3.47. The Balaban J connectivity index is 1.98. The number of hydrogen-bond donors (Lipinski definition) is 0. The van der Waals surface area contributed by atoms with E-state index in [1.54, 1.807) is 0 Å². The molecule has 0 aromatic heterocycles. The zero-order valence-corrected chi connectivity index (χ0v) is 8.45. The van der Waals surface area contributed by atoms with E-state index in [4.69, 9.17) is 0 Å². The lowest BCUT2D eigenvalue weighted by Gasteiger charge is -2.35. The van der Waals surface area contributed by atoms with Crippen molar-refractivity contribution >= 4 is 0 Å². The molecule has 0 saturated carbocycles. The Morgan fingerprint density at radius 3 is 2.42 bits per heavy atom. The summed E-state index contributed by atoms with van der Waals surface area (Å²) in [5.74, 6) is 0. The number of fused-ring (bicyclic) bond motifs is 2. The van der Waals surface area contributed by atoms with Gasteiger partial charge in [-0.1, -0.05) is 6.92 Å². The third kappa shape index (κ3) is 1.17. The summed E-state index contributed by atoms with van der Waals surface area (Å²) in [6.07, 6.45) is 1.42. The van der Waals surface area contributed by atoms with Crippen molar-refractivity contribution in [3.63, 3.8) is 0 Å². The van der Waals surface area contributed by atoms with Crippen LogP contribution in [0.5, 0.6) is 0 Å². The highest BCUT2D eigenvalue weighted by atomic mass is 15.4. The van der Waals surface area contributed by atoms with E-state index >= 15 is 0 Å². The van der Waals surface area contributed by atoms with Gasteiger partial charge in [-0.05, 0) is 26.8 Å². The first kappa shape index (κ1) is 8.52. The Morgan fingerprint density at radius 1 is 1.25 bits per heavy atom. The van der Waals surface area contributed by atoms with Gasteiger partial charge < -0.3 is 0 Å². The number of nitrogens with zero attached hydrogens (tertiary/aromatic N) is 2. The fraction of sp³-hybridized carbons (Fsp3) is 1.00. The van der Waals surface area contributed by atoms with E-state index in [0.29, 0.717) is 0 Å². The quantitative estimate of drug-likeness (QED) is 0.611. The van der Waals surface area contributed by atoms with Crippen LogP contribution in [0.15, 0.2) is 0 Å². The molecule has 0 aromatic rings. The predicted molar refractivity (Wildman–Crippen MR) is 51.3 cm³/mol. The molecule has 2 nitrogen and oxygen atoms in total. The monoisotopic (exact) mass is 168 g/mol. The van der Waals surface area contributed by atoms with Gasteiger partial charge in [0, 0.05) is 31.2 Å². The smallest absolute Gasteiger partial charge is 0.0242 e. The molecule has 2 heterocycles. The van der Waals surface area contributed by atoms with Gasteiger partial charge in [0.05, 0.1) is 0 Å². The van der Waals surface area contributed by atoms with Gasteiger partial charge in [-0.2, -0.15) is 0 Å². The maximum atomic E-state index is 2.66. The van der Waals surface area contributed by atoms with Crippen LogP contribution in [-0.2, 0) is 0 Å². The van der Waals surface area contributed by atoms with Crippen LogP contribution in [-0.4, -0.2) is 47.6 Å². The fourth-order valence-electron chi connectivity index (χ4n) is 2.80. The Hall–Kier alpha value is -0.0800. The first-order valence-electron chi connectivity index (χ1n) is 5.22. The normalized spacial score (nSPS) is 37.0. The lowest BCUT2D eigenvalue weighted by Crippen LogP contribution is -2.48. The molecule has 2 unspecified atom stereocenters. The van der Waals surface area contributed by atoms with Crippen molar-refractivity contribution in [2.24, 2.45) is 0 Å². The molecular weight excluding hydrogens is 148 g/mol. The topological polar surface area (TPSA) is 6.48 Å². The maximum absolute atomic E-state index is 2.66. The second-order valence-electron chi connectivity index (χ2n) is 4.42. The molecule has 2 aliphatic rings. The first-order valence-corrected chi connectivity index (χ1v) is 5.22. The molecule has 70 valence electrons. The van der Waals surface area contributed by atoms with Crippen molar-refractivity contribution in [2.75, 3.05) is 19.6 Å². The molecule has 2 rings (SSSR count). The fourth-order valence-corrected chi connectivity index (χ4v) is 2.80. The second kappa shape index (κ2) is 3.00. The molecule has 0 aromatic carbocycles. The van der Waals surface area contributed by atoms with Crippen LogP contribution in [0.2, 0.25) is 0 Å². The second-order valence-corrected chi connectivity index (χ2v) is 4.42. The van der Waals surface area contributed by atoms with Gasteiger partial charge in [0.2, 0.25) is 0 Å². The largest absolute Gasteiger partial charge is 0.298 e. The Morgan fingerprint density at radius 2 is 2.00 bits per heavy atom. The average Bonchev–Trinajstić information content (AvgIpc) is 2.60. The van der Waals surface area contributed by atoms with Crippen molar-refractivity contribution in [1.82, 2.24) is 9.80 Å². The van der Waals surface area contributed by atoms with Crippen molar-refractivity contribution in [3.05, 3.63) is 0 Å². The van der Waals surface area contributed by atoms with Crippen LogP contribution in [0.25, 0.3) is 0 Å². The summed E-state index contributed by atoms with van der Waals surface area (Å²) in [7, 11) is 0. The average molecular weight is 168 g/mol. The SMILES string of the molecule is CCN1CC2CC1CN2C(C)C. The minimum absolute atomic E-state index is 0.749. The molecule has 2 heteroatoms. The van der Waals surface area contributed by atoms with Gasteiger partial charge in [0.25, 0.3) is 0 Å². The predicted octanol–water partition coefficient (Wildman–Crippen LogP) is 1.17. The van der Waals surface area contributed by atoms with Crippen molar-refractivity contribution in [3.8, 4) is 0 Å². The van der Waals surface area contributed by atoms with Gasteiger partial charge in [-0.3, -0.25) is 9.80 Å².